The van der Waals surface area contributed by atoms with Crippen LogP contribution in [-0.2, 0) is 24.4 Å². The molecule has 1 aliphatic carbocycles. The molecule has 9 nitrogen and oxygen atoms in total. The number of nitrogens with one attached hydrogen (secondary N) is 2. The van der Waals surface area contributed by atoms with E-state index in [-0.39, 0.29) is 51.4 Å². The second-order valence-electron chi connectivity index (χ2n) is 11.7. The van der Waals surface area contributed by atoms with Crippen molar-refractivity contribution in [3.8, 4) is 23.2 Å². The van der Waals surface area contributed by atoms with Gasteiger partial charge in [-0.1, -0.05) is 0 Å². The van der Waals surface area contributed by atoms with Gasteiger partial charge in [-0.05, 0) is 0 Å². The molecule has 1 fully saturated rings. The average molecular weight is 741 g/mol. The van der Waals surface area contributed by atoms with Gasteiger partial charge in [0.1, 0.15) is 0 Å². The maximum absolute atomic E-state index is 15.0. The molecule has 1 saturated heterocycles. The molecule has 3 aromatic rings. The Hall–Kier alpha value is -3.44. The second-order valence-corrected chi connectivity index (χ2v) is 15.0. The summed E-state index contributed by atoms with van der Waals surface area (Å²) >= 11 is 7.15. The third-order valence-electron chi connectivity index (χ3n) is 8.99. The Morgan fingerprint density at radius 2 is 2.13 bits per heavy atom. The van der Waals surface area contributed by atoms with Crippen molar-refractivity contribution in [2.45, 2.75) is 51.5 Å². The standard InChI is InChI=1S/C33H33ClFIN7O2/c1-17(26-6-4-10-43(26)2)45-33-41-31-29(32(42-33)40-13-18-5-3-9-39-16-36-18)23-15-44-14-22(23)28(30(31)34)19-7-8-24(35)20-11-25(38)21(12-37)27(19)20/h3,5,7-9,17,26,39H,4,6,10-11,13-16,38H2,1-2H3,(H,40,41,42)/q-1/t17-,26-/m0/s1. The number of nitrogens with zero attached hydrogens (tertiary/aromatic N) is 4. The predicted octanol–water partition coefficient (Wildman–Crippen LogP) is 2.19. The fourth-order valence-electron chi connectivity index (χ4n) is 6.81. The number of nitrogens with two attached hydrogens (primary N) is 1. The first kappa shape index (κ1) is 30.2. The minimum atomic E-state index is -0.400. The molecule has 1 aromatic heterocycles. The Labute approximate surface area is 276 Å². The molecule has 4 heterocycles. The van der Waals surface area contributed by atoms with Crippen molar-refractivity contribution in [3.63, 3.8) is 0 Å². The number of benzene rings is 2. The van der Waals surface area contributed by atoms with Crippen molar-refractivity contribution in [1.82, 2.24) is 20.2 Å². The number of allylic oxidation sites excluding steroid dienone is 4. The van der Waals surface area contributed by atoms with Crippen LogP contribution in [0.1, 0.15) is 42.0 Å². The van der Waals surface area contributed by atoms with Crippen LogP contribution in [0, 0.1) is 17.1 Å². The van der Waals surface area contributed by atoms with Crippen LogP contribution in [0.3, 0.4) is 0 Å². The molecular formula is C33H33ClFIN7O2-. The van der Waals surface area contributed by atoms with Gasteiger partial charge in [0, 0.05) is 0 Å². The first-order valence-electron chi connectivity index (χ1n) is 15.0. The number of hydrogen-bond donors (Lipinski definition) is 3. The molecule has 45 heavy (non-hydrogen) atoms. The molecule has 0 amide bonds. The van der Waals surface area contributed by atoms with Crippen molar-refractivity contribution in [2.24, 2.45) is 5.73 Å². The van der Waals surface area contributed by atoms with E-state index < -0.39 is 5.82 Å². The Morgan fingerprint density at radius 1 is 1.29 bits per heavy atom. The van der Waals surface area contributed by atoms with Crippen molar-refractivity contribution in [3.05, 3.63) is 72.9 Å². The topological polar surface area (TPSA) is 121 Å². The van der Waals surface area contributed by atoms with Crippen molar-refractivity contribution >= 4 is 33.9 Å². The number of likely N-dealkylation sites (N-methyl/N-ethyl adjacent to an activating group) is 1. The van der Waals surface area contributed by atoms with Crippen molar-refractivity contribution in [2.75, 3.05) is 30.0 Å². The summed E-state index contributed by atoms with van der Waals surface area (Å²) in [6, 6.07) is 5.78. The van der Waals surface area contributed by atoms with Gasteiger partial charge in [0.15, 0.2) is 0 Å². The molecule has 2 aromatic carbocycles. The SMILES string of the molecule is C[C@H](Oc1nc(NCC2=CC=CNC[I-]2)c2c3c(c(-c4ccc(F)c5c4C(C#N)=C(N)C5)c(Cl)c2n1)COC3)[C@@H]1CCCN1C. The van der Waals surface area contributed by atoms with E-state index in [2.05, 4.69) is 41.7 Å². The number of fused-ring (bicyclic) bond motifs is 4. The zero-order valence-corrected chi connectivity index (χ0v) is 27.9. The van der Waals surface area contributed by atoms with E-state index in [9.17, 15) is 5.26 Å². The fourth-order valence-corrected chi connectivity index (χ4v) is 9.05. The van der Waals surface area contributed by atoms with Gasteiger partial charge in [0.2, 0.25) is 0 Å². The van der Waals surface area contributed by atoms with Gasteiger partial charge in [-0.15, -0.1) is 0 Å². The Balaban J connectivity index is 1.41. The summed E-state index contributed by atoms with van der Waals surface area (Å²) < 4.78 is 29.8. The summed E-state index contributed by atoms with van der Waals surface area (Å²) in [7, 11) is 2.11. The molecule has 0 unspecified atom stereocenters. The van der Waals surface area contributed by atoms with Gasteiger partial charge in [-0.2, -0.15) is 5.26 Å². The molecule has 234 valence electrons. The van der Waals surface area contributed by atoms with Gasteiger partial charge in [0.25, 0.3) is 0 Å². The van der Waals surface area contributed by atoms with E-state index in [4.69, 9.17) is 36.8 Å². The summed E-state index contributed by atoms with van der Waals surface area (Å²) in [5, 5.41) is 18.1. The number of ether oxygens (including phenoxy) is 2. The molecule has 2 atom stereocenters. The van der Waals surface area contributed by atoms with Crippen LogP contribution in [0.4, 0.5) is 10.2 Å². The van der Waals surface area contributed by atoms with E-state index in [0.717, 1.165) is 40.5 Å². The first-order chi connectivity index (χ1) is 21.9. The summed E-state index contributed by atoms with van der Waals surface area (Å²) in [5.41, 5.74) is 11.3. The van der Waals surface area contributed by atoms with Crippen LogP contribution in [0.2, 0.25) is 5.02 Å². The molecule has 0 radical (unpaired) electrons. The van der Waals surface area contributed by atoms with Crippen molar-refractivity contribution < 1.29 is 35.1 Å². The first-order valence-corrected chi connectivity index (χ1v) is 18.0. The van der Waals surface area contributed by atoms with E-state index in [0.29, 0.717) is 64.1 Å². The molecule has 3 aliphatic heterocycles. The van der Waals surface area contributed by atoms with Crippen LogP contribution in [0.5, 0.6) is 6.01 Å². The Morgan fingerprint density at radius 3 is 2.93 bits per heavy atom. The van der Waals surface area contributed by atoms with Crippen molar-refractivity contribution in [1.29, 1.82) is 5.26 Å². The summed E-state index contributed by atoms with van der Waals surface area (Å²) in [6.45, 7) is 4.36. The molecule has 0 bridgehead atoms. The van der Waals surface area contributed by atoms with E-state index in [1.807, 2.05) is 12.3 Å². The average Bonchev–Trinajstić information content (AvgIpc) is 3.71. The number of likely N-dealkylation sites (tertiary alicyclic amines) is 1. The number of hydrogen-bond acceptors (Lipinski definition) is 9. The minimum absolute atomic E-state index is 0.142. The number of alkyl halides is 1. The summed E-state index contributed by atoms with van der Waals surface area (Å²) in [6.07, 6.45) is 8.34. The fraction of sp³-hybridized carbons (Fsp3) is 0.364. The van der Waals surface area contributed by atoms with E-state index in [1.165, 1.54) is 9.65 Å². The van der Waals surface area contributed by atoms with Crippen LogP contribution < -0.4 is 42.3 Å². The van der Waals surface area contributed by atoms with Crippen LogP contribution in [0.25, 0.3) is 27.6 Å². The van der Waals surface area contributed by atoms with Crippen LogP contribution in [-0.4, -0.2) is 51.7 Å². The number of anilines is 1. The second kappa shape index (κ2) is 12.4. The maximum atomic E-state index is 15.0. The number of nitriles is 1. The van der Waals surface area contributed by atoms with E-state index in [1.54, 1.807) is 6.07 Å². The zero-order valence-electron chi connectivity index (χ0n) is 25.0. The number of rotatable bonds is 7. The molecule has 12 heteroatoms. The van der Waals surface area contributed by atoms with Crippen LogP contribution in [0.15, 0.2) is 39.8 Å². The van der Waals surface area contributed by atoms with E-state index >= 15 is 4.39 Å². The predicted molar refractivity (Wildman–Crippen MR) is 168 cm³/mol. The third kappa shape index (κ3) is 5.41. The number of aromatic nitrogens is 2. The molecule has 4 N–H and O–H groups in total. The van der Waals surface area contributed by atoms with Gasteiger partial charge in [-0.3, -0.25) is 0 Å². The van der Waals surface area contributed by atoms with Gasteiger partial charge >= 0.3 is 262 Å². The molecular weight excluding hydrogens is 708 g/mol. The summed E-state index contributed by atoms with van der Waals surface area (Å²) in [4.78, 5) is 12.2. The third-order valence-corrected chi connectivity index (χ3v) is 11.9. The Bertz CT molecular complexity index is 1850. The molecule has 7 rings (SSSR count). The molecule has 4 aliphatic rings. The van der Waals surface area contributed by atoms with Gasteiger partial charge in [-0.25, -0.2) is 4.39 Å². The molecule has 0 spiro atoms. The monoisotopic (exact) mass is 740 g/mol. The zero-order chi connectivity index (χ0) is 31.2. The molecule has 0 saturated carbocycles. The van der Waals surface area contributed by atoms with Gasteiger partial charge < -0.3 is 5.73 Å². The quantitative estimate of drug-likeness (QED) is 0.190. The summed E-state index contributed by atoms with van der Waals surface area (Å²) in [5.74, 6) is 0.234. The van der Waals surface area contributed by atoms with Gasteiger partial charge in [0.05, 0.1) is 0 Å². The van der Waals surface area contributed by atoms with Crippen LogP contribution >= 0.6 is 11.6 Å². The normalized spacial score (nSPS) is 20.2. The Kier molecular flexibility index (Phi) is 8.33. The number of halogens is 3.